The van der Waals surface area contributed by atoms with Crippen molar-refractivity contribution in [3.63, 3.8) is 0 Å². The summed E-state index contributed by atoms with van der Waals surface area (Å²) in [5.41, 5.74) is 2.71. The van der Waals surface area contributed by atoms with Crippen LogP contribution in [0.1, 0.15) is 22.5 Å². The number of imide groups is 2. The molecule has 1 N–H and O–H groups in total. The molecule has 10 nitrogen and oxygen atoms in total. The van der Waals surface area contributed by atoms with Gasteiger partial charge in [0.25, 0.3) is 17.5 Å². The molecule has 2 aromatic carbocycles. The Balaban J connectivity index is 1.81. The van der Waals surface area contributed by atoms with Crippen molar-refractivity contribution in [2.45, 2.75) is 20.8 Å². The third kappa shape index (κ3) is 4.05. The number of barbiturate groups is 1. The molecule has 0 unspecified atom stereocenters. The number of aromatic nitrogens is 1. The smallest absolute Gasteiger partial charge is 0.335 e. The van der Waals surface area contributed by atoms with Crippen LogP contribution in [0.3, 0.4) is 0 Å². The molecule has 0 bridgehead atoms. The van der Waals surface area contributed by atoms with Gasteiger partial charge < -0.3 is 9.30 Å². The number of nitrogens with zero attached hydrogens (tertiary/aromatic N) is 3. The molecule has 0 aliphatic carbocycles. The van der Waals surface area contributed by atoms with Crippen LogP contribution in [0.4, 0.5) is 16.2 Å². The van der Waals surface area contributed by atoms with Gasteiger partial charge in [-0.25, -0.2) is 9.69 Å². The number of nitro benzene ring substituents is 1. The lowest BCUT2D eigenvalue weighted by molar-refractivity contribution is -0.384. The number of benzene rings is 2. The topological polar surface area (TPSA) is 124 Å². The first-order valence-corrected chi connectivity index (χ1v) is 10.6. The van der Waals surface area contributed by atoms with E-state index in [-0.39, 0.29) is 11.3 Å². The monoisotopic (exact) mass is 474 g/mol. The lowest BCUT2D eigenvalue weighted by Gasteiger charge is -2.27. The van der Waals surface area contributed by atoms with E-state index < -0.39 is 22.8 Å². The predicted molar refractivity (Wildman–Crippen MR) is 129 cm³/mol. The van der Waals surface area contributed by atoms with Crippen molar-refractivity contribution < 1.29 is 24.0 Å². The number of rotatable bonds is 5. The van der Waals surface area contributed by atoms with Crippen LogP contribution < -0.4 is 15.0 Å². The summed E-state index contributed by atoms with van der Waals surface area (Å²) in [5, 5.41) is 13.9. The zero-order chi connectivity index (χ0) is 25.4. The highest BCUT2D eigenvalue weighted by molar-refractivity contribution is 6.39. The Bertz CT molecular complexity index is 1440. The number of nitro groups is 1. The number of methoxy groups -OCH3 is 1. The van der Waals surface area contributed by atoms with Crippen LogP contribution in [0.25, 0.3) is 11.8 Å². The molecule has 3 aromatic rings. The molecule has 4 amide bonds. The number of anilines is 1. The summed E-state index contributed by atoms with van der Waals surface area (Å²) in [5.74, 6) is -1.23. The molecule has 1 saturated heterocycles. The summed E-state index contributed by atoms with van der Waals surface area (Å²) >= 11 is 0. The second-order valence-electron chi connectivity index (χ2n) is 8.02. The maximum absolute atomic E-state index is 13.3. The van der Waals surface area contributed by atoms with Gasteiger partial charge in [0.05, 0.1) is 23.8 Å². The fourth-order valence-electron chi connectivity index (χ4n) is 4.12. The van der Waals surface area contributed by atoms with E-state index >= 15 is 0 Å². The summed E-state index contributed by atoms with van der Waals surface area (Å²) in [4.78, 5) is 50.5. The van der Waals surface area contributed by atoms with Gasteiger partial charge in [-0.05, 0) is 62.2 Å². The first kappa shape index (κ1) is 23.4. The molecule has 1 fully saturated rings. The van der Waals surface area contributed by atoms with Gasteiger partial charge in [-0.15, -0.1) is 0 Å². The average molecular weight is 474 g/mol. The highest BCUT2D eigenvalue weighted by atomic mass is 16.6. The van der Waals surface area contributed by atoms with Gasteiger partial charge in [0, 0.05) is 11.4 Å². The van der Waals surface area contributed by atoms with Gasteiger partial charge in [-0.1, -0.05) is 18.2 Å². The molecule has 0 saturated carbocycles. The SMILES string of the molecule is COc1ccc(-n2c(C)cc(/C=C3/C(=O)NC(=O)N(c4ccccc4C)C3=O)c2C)c([N+](=O)[O-])c1. The van der Waals surface area contributed by atoms with Gasteiger partial charge >= 0.3 is 6.03 Å². The summed E-state index contributed by atoms with van der Waals surface area (Å²) in [6, 6.07) is 12.2. The molecule has 0 radical (unpaired) electrons. The zero-order valence-electron chi connectivity index (χ0n) is 19.5. The minimum Gasteiger partial charge on any atom is -0.496 e. The minimum atomic E-state index is -0.828. The molecule has 10 heteroatoms. The van der Waals surface area contributed by atoms with Crippen LogP contribution in [-0.2, 0) is 9.59 Å². The molecule has 0 atom stereocenters. The van der Waals surface area contributed by atoms with Crippen LogP contribution >= 0.6 is 0 Å². The van der Waals surface area contributed by atoms with E-state index in [9.17, 15) is 24.5 Å². The van der Waals surface area contributed by atoms with E-state index in [1.54, 1.807) is 67.8 Å². The molecular formula is C25H22N4O6. The Morgan fingerprint density at radius 3 is 2.37 bits per heavy atom. The maximum Gasteiger partial charge on any atom is 0.335 e. The number of nitrogens with one attached hydrogen (secondary N) is 1. The summed E-state index contributed by atoms with van der Waals surface area (Å²) in [6.45, 7) is 5.24. The Morgan fingerprint density at radius 1 is 1.00 bits per heavy atom. The Kier molecular flexibility index (Phi) is 5.96. The van der Waals surface area contributed by atoms with Crippen molar-refractivity contribution in [2.24, 2.45) is 0 Å². The predicted octanol–water partition coefficient (Wildman–Crippen LogP) is 3.99. The van der Waals surface area contributed by atoms with Gasteiger partial charge in [0.1, 0.15) is 17.0 Å². The number of aryl methyl sites for hydroxylation is 2. The maximum atomic E-state index is 13.3. The van der Waals surface area contributed by atoms with Crippen molar-refractivity contribution in [1.29, 1.82) is 0 Å². The molecule has 0 spiro atoms. The number of hydrogen-bond donors (Lipinski definition) is 1. The first-order valence-electron chi connectivity index (χ1n) is 10.6. The van der Waals surface area contributed by atoms with Crippen LogP contribution in [0.15, 0.2) is 54.1 Å². The quantitative estimate of drug-likeness (QED) is 0.258. The number of para-hydroxylation sites is 1. The molecule has 1 aromatic heterocycles. The molecule has 1 aliphatic rings. The number of urea groups is 1. The van der Waals surface area contributed by atoms with E-state index in [4.69, 9.17) is 4.74 Å². The van der Waals surface area contributed by atoms with Crippen LogP contribution in [0.2, 0.25) is 0 Å². The number of hydrogen-bond acceptors (Lipinski definition) is 6. The van der Waals surface area contributed by atoms with Gasteiger partial charge in [-0.2, -0.15) is 0 Å². The van der Waals surface area contributed by atoms with Crippen molar-refractivity contribution in [3.05, 3.63) is 86.7 Å². The van der Waals surface area contributed by atoms with E-state index in [1.807, 2.05) is 0 Å². The highest BCUT2D eigenvalue weighted by Crippen LogP contribution is 2.32. The number of carbonyl (C=O) groups is 3. The van der Waals surface area contributed by atoms with E-state index in [0.717, 1.165) is 4.90 Å². The van der Waals surface area contributed by atoms with Gasteiger partial charge in [-0.3, -0.25) is 25.0 Å². The summed E-state index contributed by atoms with van der Waals surface area (Å²) in [7, 11) is 1.42. The molecule has 1 aliphatic heterocycles. The van der Waals surface area contributed by atoms with Gasteiger partial charge in [0.2, 0.25) is 0 Å². The average Bonchev–Trinajstić information content (AvgIpc) is 3.09. The van der Waals surface area contributed by atoms with Crippen molar-refractivity contribution in [1.82, 2.24) is 9.88 Å². The summed E-state index contributed by atoms with van der Waals surface area (Å²) in [6.07, 6.45) is 1.39. The normalized spacial score (nSPS) is 14.9. The van der Waals surface area contributed by atoms with E-state index in [0.29, 0.717) is 39.6 Å². The molecular weight excluding hydrogens is 452 g/mol. The second kappa shape index (κ2) is 8.90. The largest absolute Gasteiger partial charge is 0.496 e. The number of ether oxygens (including phenoxy) is 1. The van der Waals surface area contributed by atoms with Gasteiger partial charge in [0.15, 0.2) is 0 Å². The van der Waals surface area contributed by atoms with Crippen LogP contribution in [-0.4, -0.2) is 34.4 Å². The molecule has 178 valence electrons. The molecule has 35 heavy (non-hydrogen) atoms. The number of carbonyl (C=O) groups excluding carboxylic acids is 3. The first-order chi connectivity index (χ1) is 16.6. The molecule has 2 heterocycles. The van der Waals surface area contributed by atoms with E-state index in [2.05, 4.69) is 5.32 Å². The summed E-state index contributed by atoms with van der Waals surface area (Å²) < 4.78 is 6.78. The third-order valence-corrected chi connectivity index (χ3v) is 5.85. The Hall–Kier alpha value is -4.73. The number of amides is 4. The van der Waals surface area contributed by atoms with Crippen molar-refractivity contribution in [3.8, 4) is 11.4 Å². The lowest BCUT2D eigenvalue weighted by atomic mass is 10.1. The Labute approximate surface area is 200 Å². The fourth-order valence-corrected chi connectivity index (χ4v) is 4.12. The van der Waals surface area contributed by atoms with Crippen LogP contribution in [0.5, 0.6) is 5.75 Å². The standard InChI is InChI=1S/C25H22N4O6/c1-14-7-5-6-8-20(14)28-24(31)19(23(30)26-25(28)32)12-17-11-15(2)27(16(17)3)21-10-9-18(35-4)13-22(21)29(33)34/h5-13H,1-4H3,(H,26,30,32)/b19-12-. The molecule has 4 rings (SSSR count). The van der Waals surface area contributed by atoms with Crippen molar-refractivity contribution in [2.75, 3.05) is 12.0 Å². The second-order valence-corrected chi connectivity index (χ2v) is 8.02. The zero-order valence-corrected chi connectivity index (χ0v) is 19.5. The Morgan fingerprint density at radius 2 is 1.71 bits per heavy atom. The van der Waals surface area contributed by atoms with Crippen molar-refractivity contribution >= 4 is 35.3 Å². The lowest BCUT2D eigenvalue weighted by Crippen LogP contribution is -2.54. The minimum absolute atomic E-state index is 0.159. The fraction of sp³-hybridized carbons (Fsp3) is 0.160. The van der Waals surface area contributed by atoms with Crippen LogP contribution in [0, 0.1) is 30.9 Å². The highest BCUT2D eigenvalue weighted by Gasteiger charge is 2.37. The van der Waals surface area contributed by atoms with E-state index in [1.165, 1.54) is 19.3 Å². The third-order valence-electron chi connectivity index (χ3n) is 5.85.